The summed E-state index contributed by atoms with van der Waals surface area (Å²) >= 11 is 0. The van der Waals surface area contributed by atoms with E-state index in [2.05, 4.69) is 0 Å². The number of hydrogen-bond acceptors (Lipinski definition) is 3. The molecule has 0 unspecified atom stereocenters. The molecule has 0 bridgehead atoms. The highest BCUT2D eigenvalue weighted by molar-refractivity contribution is 5.73. The minimum Gasteiger partial charge on any atom is -0.481 e. The smallest absolute Gasteiger partial charge is 0.481 e. The monoisotopic (exact) mass is 378 g/mol. The number of benzene rings is 1. The lowest BCUT2D eigenvalue weighted by molar-refractivity contribution is -0.193. The molecule has 0 atom stereocenters. The molecule has 0 heterocycles. The van der Waals surface area contributed by atoms with Crippen LogP contribution in [0.4, 0.5) is 26.3 Å². The third-order valence-corrected chi connectivity index (χ3v) is 1.96. The quantitative estimate of drug-likeness (QED) is 0.698. The van der Waals surface area contributed by atoms with Gasteiger partial charge < -0.3 is 15.3 Å². The molecule has 0 saturated heterocycles. The Morgan fingerprint density at radius 1 is 0.760 bits per heavy atom. The van der Waals surface area contributed by atoms with E-state index in [9.17, 15) is 31.1 Å². The number of carboxylic acids is 3. The van der Waals surface area contributed by atoms with Crippen molar-refractivity contribution in [3.8, 4) is 0 Å². The van der Waals surface area contributed by atoms with Gasteiger partial charge in [-0.05, 0) is 12.0 Å². The number of rotatable bonds is 3. The third kappa shape index (κ3) is 15.9. The van der Waals surface area contributed by atoms with E-state index in [1.807, 2.05) is 30.3 Å². The molecule has 142 valence electrons. The summed E-state index contributed by atoms with van der Waals surface area (Å²) in [6.07, 6.45) is -9.33. The molecular formula is C13H12F6O6. The Bertz CT molecular complexity index is 528. The van der Waals surface area contributed by atoms with Gasteiger partial charge in [0.05, 0.1) is 0 Å². The van der Waals surface area contributed by atoms with Gasteiger partial charge in [-0.15, -0.1) is 0 Å². The van der Waals surface area contributed by atoms with Crippen LogP contribution in [0.25, 0.3) is 0 Å². The number of carboxylic acid groups (broad SMARTS) is 3. The molecule has 3 N–H and O–H groups in total. The van der Waals surface area contributed by atoms with Gasteiger partial charge in [-0.25, -0.2) is 9.59 Å². The number of hydrogen-bond donors (Lipinski definition) is 3. The van der Waals surface area contributed by atoms with Crippen molar-refractivity contribution in [2.75, 3.05) is 0 Å². The van der Waals surface area contributed by atoms with Crippen molar-refractivity contribution in [2.24, 2.45) is 0 Å². The summed E-state index contributed by atoms with van der Waals surface area (Å²) in [4.78, 5) is 28.0. The molecule has 0 aliphatic heterocycles. The van der Waals surface area contributed by atoms with Crippen LogP contribution in [0.15, 0.2) is 30.3 Å². The van der Waals surface area contributed by atoms with Crippen LogP contribution in [0.1, 0.15) is 12.0 Å². The molecule has 1 aromatic carbocycles. The maximum Gasteiger partial charge on any atom is 0.490 e. The van der Waals surface area contributed by atoms with Crippen molar-refractivity contribution < 1.29 is 56.0 Å². The lowest BCUT2D eigenvalue weighted by Crippen LogP contribution is -2.21. The molecule has 1 rings (SSSR count). The number of aryl methyl sites for hydroxylation is 1. The van der Waals surface area contributed by atoms with Gasteiger partial charge in [-0.3, -0.25) is 4.79 Å². The van der Waals surface area contributed by atoms with E-state index in [1.165, 1.54) is 0 Å². The molecule has 0 saturated carbocycles. The molecule has 0 radical (unpaired) electrons. The number of alkyl halides is 6. The average Bonchev–Trinajstić information content (AvgIpc) is 2.45. The van der Waals surface area contributed by atoms with Crippen LogP contribution in [0.3, 0.4) is 0 Å². The van der Waals surface area contributed by atoms with Gasteiger partial charge in [0.1, 0.15) is 0 Å². The molecule has 0 aliphatic rings. The summed E-state index contributed by atoms with van der Waals surface area (Å²) in [5.74, 6) is -6.26. The highest BCUT2D eigenvalue weighted by atomic mass is 19.4. The molecule has 0 amide bonds. The molecular weight excluding hydrogens is 366 g/mol. The normalized spacial score (nSPS) is 10.5. The van der Waals surface area contributed by atoms with E-state index in [4.69, 9.17) is 24.9 Å². The second kappa shape index (κ2) is 10.9. The van der Waals surface area contributed by atoms with Gasteiger partial charge in [0.2, 0.25) is 0 Å². The summed E-state index contributed by atoms with van der Waals surface area (Å²) in [5.41, 5.74) is 1.08. The average molecular weight is 378 g/mol. The zero-order valence-corrected chi connectivity index (χ0v) is 12.1. The lowest BCUT2D eigenvalue weighted by Gasteiger charge is -1.95. The fourth-order valence-electron chi connectivity index (χ4n) is 0.896. The van der Waals surface area contributed by atoms with E-state index in [-0.39, 0.29) is 6.42 Å². The maximum atomic E-state index is 10.6. The summed E-state index contributed by atoms with van der Waals surface area (Å²) in [6.45, 7) is 0. The first-order chi connectivity index (χ1) is 11.2. The highest BCUT2D eigenvalue weighted by Gasteiger charge is 2.38. The lowest BCUT2D eigenvalue weighted by atomic mass is 10.1. The zero-order chi connectivity index (χ0) is 20.3. The van der Waals surface area contributed by atoms with Crippen LogP contribution in [-0.4, -0.2) is 45.6 Å². The Hall–Kier alpha value is -2.79. The Kier molecular flexibility index (Phi) is 10.7. The van der Waals surface area contributed by atoms with Crippen LogP contribution in [0.5, 0.6) is 0 Å². The Balaban J connectivity index is 0. The van der Waals surface area contributed by atoms with Crippen LogP contribution in [-0.2, 0) is 20.8 Å². The fraction of sp³-hybridized carbons (Fsp3) is 0.308. The second-order valence-corrected chi connectivity index (χ2v) is 3.99. The Morgan fingerprint density at radius 3 is 1.32 bits per heavy atom. The number of carbonyl (C=O) groups is 3. The van der Waals surface area contributed by atoms with E-state index in [1.54, 1.807) is 0 Å². The second-order valence-electron chi connectivity index (χ2n) is 3.99. The highest BCUT2D eigenvalue weighted by Crippen LogP contribution is 2.13. The molecule has 1 aromatic rings. The molecule has 12 heteroatoms. The van der Waals surface area contributed by atoms with Crippen molar-refractivity contribution in [2.45, 2.75) is 25.2 Å². The zero-order valence-electron chi connectivity index (χ0n) is 12.1. The largest absolute Gasteiger partial charge is 0.490 e. The van der Waals surface area contributed by atoms with Gasteiger partial charge in [-0.2, -0.15) is 26.3 Å². The number of halogens is 6. The van der Waals surface area contributed by atoms with Crippen LogP contribution in [0.2, 0.25) is 0 Å². The SMILES string of the molecule is O=C(O)C(F)(F)F.O=C(O)C(F)(F)F.O=C(O)CCc1ccccc1. The molecule has 0 fully saturated rings. The van der Waals surface area contributed by atoms with E-state index < -0.39 is 30.3 Å². The van der Waals surface area contributed by atoms with Crippen LogP contribution in [0, 0.1) is 0 Å². The van der Waals surface area contributed by atoms with E-state index in [0.29, 0.717) is 6.42 Å². The van der Waals surface area contributed by atoms with Gasteiger partial charge in [0.15, 0.2) is 0 Å². The first-order valence-corrected chi connectivity index (χ1v) is 6.03. The number of aliphatic carboxylic acids is 3. The standard InChI is InChI=1S/C9H10O2.2C2HF3O2/c10-9(11)7-6-8-4-2-1-3-5-8;2*3-2(4,5)1(6)7/h1-5H,6-7H2,(H,10,11);2*(H,6,7). The summed E-state index contributed by atoms with van der Waals surface area (Å²) in [5, 5.41) is 22.6. The molecule has 0 aromatic heterocycles. The first kappa shape index (κ1) is 24.5. The van der Waals surface area contributed by atoms with E-state index >= 15 is 0 Å². The van der Waals surface area contributed by atoms with Crippen molar-refractivity contribution in [3.05, 3.63) is 35.9 Å². The molecule has 6 nitrogen and oxygen atoms in total. The minimum atomic E-state index is -5.08. The Morgan fingerprint density at radius 2 is 1.08 bits per heavy atom. The first-order valence-electron chi connectivity index (χ1n) is 6.03. The van der Waals surface area contributed by atoms with Gasteiger partial charge >= 0.3 is 30.3 Å². The third-order valence-electron chi connectivity index (χ3n) is 1.96. The molecule has 25 heavy (non-hydrogen) atoms. The van der Waals surface area contributed by atoms with Gasteiger partial charge in [0, 0.05) is 6.42 Å². The van der Waals surface area contributed by atoms with Gasteiger partial charge in [0.25, 0.3) is 0 Å². The van der Waals surface area contributed by atoms with Crippen LogP contribution >= 0.6 is 0 Å². The predicted molar refractivity (Wildman–Crippen MR) is 69.8 cm³/mol. The van der Waals surface area contributed by atoms with Gasteiger partial charge in [-0.1, -0.05) is 30.3 Å². The van der Waals surface area contributed by atoms with Crippen molar-refractivity contribution in [3.63, 3.8) is 0 Å². The van der Waals surface area contributed by atoms with Crippen LogP contribution < -0.4 is 0 Å². The van der Waals surface area contributed by atoms with Crippen molar-refractivity contribution >= 4 is 17.9 Å². The summed E-state index contributed by atoms with van der Waals surface area (Å²) < 4.78 is 63.5. The Labute approximate surface area is 136 Å². The molecule has 0 aliphatic carbocycles. The predicted octanol–water partition coefficient (Wildman–Crippen LogP) is 2.97. The fourth-order valence-corrected chi connectivity index (χ4v) is 0.896. The maximum absolute atomic E-state index is 10.6. The summed E-state index contributed by atoms with van der Waals surface area (Å²) in [6, 6.07) is 9.62. The molecule has 0 spiro atoms. The topological polar surface area (TPSA) is 112 Å². The summed E-state index contributed by atoms with van der Waals surface area (Å²) in [7, 11) is 0. The van der Waals surface area contributed by atoms with Crippen molar-refractivity contribution in [1.82, 2.24) is 0 Å². The van der Waals surface area contributed by atoms with Crippen molar-refractivity contribution in [1.29, 1.82) is 0 Å². The minimum absolute atomic E-state index is 0.212. The van der Waals surface area contributed by atoms with E-state index in [0.717, 1.165) is 5.56 Å².